The van der Waals surface area contributed by atoms with Crippen LogP contribution in [0.5, 0.6) is 0 Å². The van der Waals surface area contributed by atoms with Crippen LogP contribution in [0.3, 0.4) is 0 Å². The monoisotopic (exact) mass is 281 g/mol. The molecule has 0 aromatic heterocycles. The molecular weight excluding hydrogens is 262 g/mol. The van der Waals surface area contributed by atoms with E-state index in [4.69, 9.17) is 5.26 Å². The molecule has 0 unspecified atom stereocenters. The van der Waals surface area contributed by atoms with E-state index in [9.17, 15) is 8.42 Å². The van der Waals surface area contributed by atoms with Gasteiger partial charge in [-0.1, -0.05) is 12.1 Å². The van der Waals surface area contributed by atoms with E-state index in [1.807, 2.05) is 25.1 Å². The van der Waals surface area contributed by atoms with Crippen LogP contribution in [0.2, 0.25) is 0 Å². The quantitative estimate of drug-likeness (QED) is 0.776. The van der Waals surface area contributed by atoms with Crippen molar-refractivity contribution in [2.75, 3.05) is 34.2 Å². The summed E-state index contributed by atoms with van der Waals surface area (Å²) in [5, 5.41) is 8.69. The van der Waals surface area contributed by atoms with Gasteiger partial charge in [-0.05, 0) is 31.8 Å². The molecule has 0 fully saturated rings. The highest BCUT2D eigenvalue weighted by atomic mass is 32.2. The van der Waals surface area contributed by atoms with Crippen molar-refractivity contribution in [2.45, 2.75) is 5.75 Å². The summed E-state index contributed by atoms with van der Waals surface area (Å²) in [7, 11) is 2.09. The third-order valence-corrected chi connectivity index (χ3v) is 4.60. The molecule has 0 aliphatic heterocycles. The minimum atomic E-state index is -3.30. The zero-order valence-corrected chi connectivity index (χ0v) is 12.3. The van der Waals surface area contributed by atoms with Crippen LogP contribution >= 0.6 is 0 Å². The Morgan fingerprint density at radius 2 is 1.68 bits per heavy atom. The van der Waals surface area contributed by atoms with Gasteiger partial charge in [0, 0.05) is 20.1 Å². The molecule has 0 saturated heterocycles. The molecule has 0 atom stereocenters. The van der Waals surface area contributed by atoms with E-state index in [1.54, 1.807) is 31.3 Å². The van der Waals surface area contributed by atoms with Crippen molar-refractivity contribution in [3.8, 4) is 6.07 Å². The van der Waals surface area contributed by atoms with Crippen molar-refractivity contribution in [3.63, 3.8) is 0 Å². The summed E-state index contributed by atoms with van der Waals surface area (Å²) in [5.74, 6) is -0.0391. The van der Waals surface area contributed by atoms with Gasteiger partial charge < -0.3 is 4.90 Å². The van der Waals surface area contributed by atoms with Crippen LogP contribution < -0.4 is 0 Å². The Bertz CT molecular complexity index is 544. The number of nitriles is 1. The Balaban J connectivity index is 2.70. The molecule has 0 spiro atoms. The van der Waals surface area contributed by atoms with Crippen molar-refractivity contribution < 1.29 is 8.42 Å². The number of benzene rings is 1. The normalized spacial score (nSPS) is 11.8. The molecule has 6 heteroatoms. The number of rotatable bonds is 6. The first-order valence-corrected chi connectivity index (χ1v) is 7.54. The topological polar surface area (TPSA) is 64.4 Å². The van der Waals surface area contributed by atoms with Gasteiger partial charge in [-0.2, -0.15) is 5.26 Å². The molecule has 0 radical (unpaired) electrons. The molecular formula is C13H19N3O2S. The lowest BCUT2D eigenvalue weighted by atomic mass is 10.2. The largest absolute Gasteiger partial charge is 0.308 e. The van der Waals surface area contributed by atoms with Gasteiger partial charge in [-0.3, -0.25) is 0 Å². The van der Waals surface area contributed by atoms with Crippen LogP contribution in [0, 0.1) is 11.3 Å². The van der Waals surface area contributed by atoms with Gasteiger partial charge in [0.2, 0.25) is 10.0 Å². The first kappa shape index (κ1) is 15.6. The fourth-order valence-corrected chi connectivity index (χ4v) is 2.67. The van der Waals surface area contributed by atoms with E-state index in [-0.39, 0.29) is 5.75 Å². The summed E-state index contributed by atoms with van der Waals surface area (Å²) in [6, 6.07) is 8.62. The van der Waals surface area contributed by atoms with Gasteiger partial charge >= 0.3 is 0 Å². The molecule has 0 aliphatic carbocycles. The second kappa shape index (κ2) is 6.66. The van der Waals surface area contributed by atoms with Gasteiger partial charge in [-0.15, -0.1) is 0 Å². The van der Waals surface area contributed by atoms with Gasteiger partial charge in [0.25, 0.3) is 0 Å². The van der Waals surface area contributed by atoms with Crippen molar-refractivity contribution >= 4 is 10.0 Å². The third kappa shape index (κ3) is 4.99. The summed E-state index contributed by atoms with van der Waals surface area (Å²) in [6.45, 7) is 1.15. The summed E-state index contributed by atoms with van der Waals surface area (Å²) in [5.41, 5.74) is 1.22. The van der Waals surface area contributed by atoms with Crippen molar-refractivity contribution in [3.05, 3.63) is 35.4 Å². The fourth-order valence-electron chi connectivity index (χ4n) is 1.48. The summed E-state index contributed by atoms with van der Waals surface area (Å²) < 4.78 is 25.6. The van der Waals surface area contributed by atoms with Crippen LogP contribution in [0.15, 0.2) is 24.3 Å². The maximum atomic E-state index is 12.1. The second-order valence-electron chi connectivity index (χ2n) is 4.69. The van der Waals surface area contributed by atoms with Crippen LogP contribution in [-0.2, 0) is 15.8 Å². The number of hydrogen-bond donors (Lipinski definition) is 0. The lowest BCUT2D eigenvalue weighted by molar-refractivity contribution is 0.358. The average molecular weight is 281 g/mol. The molecule has 0 bridgehead atoms. The number of nitrogens with zero attached hydrogens (tertiary/aromatic N) is 3. The maximum absolute atomic E-state index is 12.1. The number of likely N-dealkylation sites (N-methyl/N-ethyl adjacent to an activating group) is 2. The average Bonchev–Trinajstić information content (AvgIpc) is 2.36. The van der Waals surface area contributed by atoms with E-state index < -0.39 is 10.0 Å². The maximum Gasteiger partial charge on any atom is 0.218 e. The highest BCUT2D eigenvalue weighted by Gasteiger charge is 2.18. The van der Waals surface area contributed by atoms with Crippen LogP contribution in [-0.4, -0.2) is 51.9 Å². The van der Waals surface area contributed by atoms with Gasteiger partial charge in [0.1, 0.15) is 0 Å². The SMILES string of the molecule is CN(C)CCN(C)S(=O)(=O)Cc1ccc(C#N)cc1. The minimum Gasteiger partial charge on any atom is -0.308 e. The van der Waals surface area contributed by atoms with Crippen LogP contribution in [0.1, 0.15) is 11.1 Å². The Hall–Kier alpha value is -1.42. The highest BCUT2D eigenvalue weighted by molar-refractivity contribution is 7.88. The number of hydrogen-bond acceptors (Lipinski definition) is 4. The molecule has 0 N–H and O–H groups in total. The first-order chi connectivity index (χ1) is 8.85. The molecule has 1 aromatic carbocycles. The predicted molar refractivity (Wildman–Crippen MR) is 75.0 cm³/mol. The molecule has 0 heterocycles. The summed E-state index contributed by atoms with van der Waals surface area (Å²) >= 11 is 0. The Morgan fingerprint density at radius 1 is 1.11 bits per heavy atom. The van der Waals surface area contributed by atoms with E-state index in [0.29, 0.717) is 24.2 Å². The lowest BCUT2D eigenvalue weighted by Crippen LogP contribution is -2.34. The molecule has 5 nitrogen and oxygen atoms in total. The van der Waals surface area contributed by atoms with E-state index in [2.05, 4.69) is 0 Å². The molecule has 104 valence electrons. The smallest absolute Gasteiger partial charge is 0.218 e. The van der Waals surface area contributed by atoms with E-state index >= 15 is 0 Å². The van der Waals surface area contributed by atoms with Gasteiger partial charge in [-0.25, -0.2) is 12.7 Å². The Labute approximate surface area is 115 Å². The molecule has 0 aliphatic rings. The standard InChI is InChI=1S/C13H19N3O2S/c1-15(2)8-9-16(3)19(17,18)11-13-6-4-12(10-14)5-7-13/h4-7H,8-9,11H2,1-3H3. The zero-order chi connectivity index (χ0) is 14.5. The zero-order valence-electron chi connectivity index (χ0n) is 11.5. The van der Waals surface area contributed by atoms with E-state index in [1.165, 1.54) is 4.31 Å². The summed E-state index contributed by atoms with van der Waals surface area (Å²) in [6.07, 6.45) is 0. The summed E-state index contributed by atoms with van der Waals surface area (Å²) in [4.78, 5) is 1.94. The Morgan fingerprint density at radius 3 is 2.16 bits per heavy atom. The third-order valence-electron chi connectivity index (χ3n) is 2.77. The molecule has 19 heavy (non-hydrogen) atoms. The van der Waals surface area contributed by atoms with Crippen molar-refractivity contribution in [1.82, 2.24) is 9.21 Å². The molecule has 1 aromatic rings. The molecule has 0 saturated carbocycles. The van der Waals surface area contributed by atoms with E-state index in [0.717, 1.165) is 0 Å². The predicted octanol–water partition coefficient (Wildman–Crippen LogP) is 0.881. The van der Waals surface area contributed by atoms with Gasteiger partial charge in [0.05, 0.1) is 17.4 Å². The fraction of sp³-hybridized carbons (Fsp3) is 0.462. The minimum absolute atomic E-state index is 0.0391. The van der Waals surface area contributed by atoms with Crippen LogP contribution in [0.4, 0.5) is 0 Å². The van der Waals surface area contributed by atoms with Gasteiger partial charge in [0.15, 0.2) is 0 Å². The number of sulfonamides is 1. The first-order valence-electron chi connectivity index (χ1n) is 5.93. The van der Waals surface area contributed by atoms with Crippen molar-refractivity contribution in [2.24, 2.45) is 0 Å². The lowest BCUT2D eigenvalue weighted by Gasteiger charge is -2.19. The van der Waals surface area contributed by atoms with Crippen molar-refractivity contribution in [1.29, 1.82) is 5.26 Å². The molecule has 0 amide bonds. The second-order valence-corrected chi connectivity index (χ2v) is 6.77. The molecule has 1 rings (SSSR count). The Kier molecular flexibility index (Phi) is 5.48. The van der Waals surface area contributed by atoms with Crippen LogP contribution in [0.25, 0.3) is 0 Å². The highest BCUT2D eigenvalue weighted by Crippen LogP contribution is 2.10.